The van der Waals surface area contributed by atoms with Gasteiger partial charge in [-0.2, -0.15) is 0 Å². The fourth-order valence-electron chi connectivity index (χ4n) is 7.05. The van der Waals surface area contributed by atoms with E-state index in [0.29, 0.717) is 25.1 Å². The third kappa shape index (κ3) is 5.85. The van der Waals surface area contributed by atoms with Gasteiger partial charge in [0.2, 0.25) is 5.91 Å². The predicted molar refractivity (Wildman–Crippen MR) is 175 cm³/mol. The first-order valence-corrected chi connectivity index (χ1v) is 16.0. The number of nitrogens with one attached hydrogen (secondary N) is 1. The first kappa shape index (κ1) is 29.9. The fourth-order valence-corrected chi connectivity index (χ4v) is 7.05. The molecule has 1 N–H and O–H groups in total. The highest BCUT2D eigenvalue weighted by Gasteiger charge is 2.38. The Hall–Kier alpha value is -4.12. The molecular weight excluding hydrogens is 544 g/mol. The van der Waals surface area contributed by atoms with Crippen LogP contribution >= 0.6 is 0 Å². The van der Waals surface area contributed by atoms with Crippen molar-refractivity contribution in [3.63, 3.8) is 0 Å². The zero-order valence-corrected chi connectivity index (χ0v) is 26.7. The number of hydrogen-bond acceptors (Lipinski definition) is 3. The number of aryl methyl sites for hydroxylation is 1. The van der Waals surface area contributed by atoms with Crippen LogP contribution in [0.5, 0.6) is 0 Å². The van der Waals surface area contributed by atoms with Crippen LogP contribution < -0.4 is 5.32 Å². The summed E-state index contributed by atoms with van der Waals surface area (Å²) in [7, 11) is 0. The van der Waals surface area contributed by atoms with E-state index in [-0.39, 0.29) is 28.7 Å². The molecule has 44 heavy (non-hydrogen) atoms. The van der Waals surface area contributed by atoms with E-state index in [0.717, 1.165) is 29.7 Å². The number of carbonyl (C=O) groups is 2. The van der Waals surface area contributed by atoms with Crippen molar-refractivity contribution >= 4 is 11.8 Å². The summed E-state index contributed by atoms with van der Waals surface area (Å²) in [5, 5.41) is 3.25. The van der Waals surface area contributed by atoms with Crippen molar-refractivity contribution in [1.29, 1.82) is 0 Å². The quantitative estimate of drug-likeness (QED) is 0.238. The van der Waals surface area contributed by atoms with Gasteiger partial charge in [0.05, 0.1) is 6.04 Å². The molecular formula is C39H44N2O3. The van der Waals surface area contributed by atoms with Crippen LogP contribution in [-0.2, 0) is 22.0 Å². The zero-order chi connectivity index (χ0) is 31.1. The van der Waals surface area contributed by atoms with Crippen molar-refractivity contribution in [2.75, 3.05) is 6.54 Å². The molecule has 6 rings (SSSR count). The topological polar surface area (TPSA) is 62.6 Å². The lowest BCUT2D eigenvalue weighted by Crippen LogP contribution is -2.47. The van der Waals surface area contributed by atoms with Crippen LogP contribution in [0, 0.1) is 6.92 Å². The van der Waals surface area contributed by atoms with Gasteiger partial charge in [-0.1, -0.05) is 100 Å². The van der Waals surface area contributed by atoms with Gasteiger partial charge in [-0.25, -0.2) is 0 Å². The number of nitrogens with zero attached hydrogens (tertiary/aromatic N) is 1. The van der Waals surface area contributed by atoms with E-state index >= 15 is 0 Å². The van der Waals surface area contributed by atoms with Crippen LogP contribution in [0.4, 0.5) is 0 Å². The average molecular weight is 589 g/mol. The Morgan fingerprint density at radius 3 is 2.07 bits per heavy atom. The smallest absolute Gasteiger partial charge is 0.290 e. The fraction of sp³-hybridized carbons (Fsp3) is 0.385. The molecule has 3 aromatic carbocycles. The molecule has 1 aliphatic carbocycles. The van der Waals surface area contributed by atoms with E-state index in [1.807, 2.05) is 66.7 Å². The molecule has 1 fully saturated rings. The van der Waals surface area contributed by atoms with Crippen LogP contribution in [-0.4, -0.2) is 29.3 Å². The number of rotatable bonds is 7. The van der Waals surface area contributed by atoms with E-state index in [1.165, 1.54) is 28.7 Å². The molecule has 228 valence electrons. The number of furan rings is 1. The van der Waals surface area contributed by atoms with E-state index in [1.54, 1.807) is 11.0 Å². The van der Waals surface area contributed by atoms with Gasteiger partial charge in [-0.05, 0) is 89.0 Å². The Bertz CT molecular complexity index is 1610. The lowest BCUT2D eigenvalue weighted by atomic mass is 9.62. The van der Waals surface area contributed by atoms with Gasteiger partial charge in [0.1, 0.15) is 11.8 Å². The second kappa shape index (κ2) is 11.8. The molecule has 5 heteroatoms. The highest BCUT2D eigenvalue weighted by Crippen LogP contribution is 2.46. The third-order valence-electron chi connectivity index (χ3n) is 9.92. The van der Waals surface area contributed by atoms with Crippen LogP contribution in [0.15, 0.2) is 89.3 Å². The van der Waals surface area contributed by atoms with Gasteiger partial charge in [-0.3, -0.25) is 9.59 Å². The first-order valence-electron chi connectivity index (χ1n) is 16.0. The van der Waals surface area contributed by atoms with Gasteiger partial charge < -0.3 is 14.6 Å². The minimum absolute atomic E-state index is 0.128. The predicted octanol–water partition coefficient (Wildman–Crippen LogP) is 8.04. The third-order valence-corrected chi connectivity index (χ3v) is 9.92. The van der Waals surface area contributed by atoms with E-state index in [9.17, 15) is 9.59 Å². The van der Waals surface area contributed by atoms with E-state index in [2.05, 4.69) is 52.1 Å². The van der Waals surface area contributed by atoms with Gasteiger partial charge in [0.25, 0.3) is 5.91 Å². The van der Waals surface area contributed by atoms with Crippen LogP contribution in [0.2, 0.25) is 0 Å². The first-order chi connectivity index (χ1) is 21.0. The van der Waals surface area contributed by atoms with Crippen LogP contribution in [0.25, 0.3) is 0 Å². The molecule has 2 aliphatic rings. The van der Waals surface area contributed by atoms with Crippen molar-refractivity contribution in [1.82, 2.24) is 10.2 Å². The maximum Gasteiger partial charge on any atom is 0.290 e. The van der Waals surface area contributed by atoms with E-state index in [4.69, 9.17) is 4.42 Å². The summed E-state index contributed by atoms with van der Waals surface area (Å²) in [5.74, 6) is 0.683. The number of hydrogen-bond donors (Lipinski definition) is 1. The molecule has 5 nitrogen and oxygen atoms in total. The van der Waals surface area contributed by atoms with Crippen molar-refractivity contribution < 1.29 is 14.0 Å². The molecule has 1 atom stereocenters. The molecule has 0 saturated carbocycles. The Morgan fingerprint density at radius 1 is 0.864 bits per heavy atom. The standard InChI is InChI=1S/C39H44N2O3/c1-26-23-31-32(39(4,5)21-20-38(31,2)3)25-29(26)24-30-18-19-34(44-30)37(43)41-22-12-17-33(41)36(42)40-35(27-13-8-6-9-14-27)28-15-10-7-11-16-28/h6-11,13-16,18-19,23,25,33,35H,12,17,20-22,24H2,1-5H3,(H,40,42). The van der Waals surface area contributed by atoms with Gasteiger partial charge in [-0.15, -0.1) is 0 Å². The zero-order valence-electron chi connectivity index (χ0n) is 26.7. The van der Waals surface area contributed by atoms with Crippen molar-refractivity contribution in [3.05, 3.63) is 130 Å². The average Bonchev–Trinajstić information content (AvgIpc) is 3.70. The maximum absolute atomic E-state index is 13.7. The van der Waals surface area contributed by atoms with Gasteiger partial charge in [0, 0.05) is 13.0 Å². The Balaban J connectivity index is 1.19. The Labute approximate surface area is 261 Å². The number of benzene rings is 3. The summed E-state index contributed by atoms with van der Waals surface area (Å²) in [6.07, 6.45) is 4.38. The summed E-state index contributed by atoms with van der Waals surface area (Å²) >= 11 is 0. The molecule has 2 amide bonds. The molecule has 0 radical (unpaired) electrons. The molecule has 4 aromatic rings. The summed E-state index contributed by atoms with van der Waals surface area (Å²) in [4.78, 5) is 29.1. The molecule has 0 bridgehead atoms. The molecule has 2 heterocycles. The summed E-state index contributed by atoms with van der Waals surface area (Å²) in [5.41, 5.74) is 7.65. The SMILES string of the molecule is Cc1cc2c(cc1Cc1ccc(C(=O)N3CCCC3C(=O)NC(c3ccccc3)c3ccccc3)o1)C(C)(C)CCC2(C)C. The highest BCUT2D eigenvalue weighted by atomic mass is 16.4. The second-order valence-electron chi connectivity index (χ2n) is 14.0. The number of likely N-dealkylation sites (tertiary alicyclic amines) is 1. The summed E-state index contributed by atoms with van der Waals surface area (Å²) in [6, 6.07) is 27.5. The normalized spacial score (nSPS) is 18.7. The summed E-state index contributed by atoms with van der Waals surface area (Å²) in [6.45, 7) is 12.1. The molecule has 1 saturated heterocycles. The highest BCUT2D eigenvalue weighted by molar-refractivity contribution is 5.96. The van der Waals surface area contributed by atoms with Gasteiger partial charge >= 0.3 is 0 Å². The lowest BCUT2D eigenvalue weighted by Gasteiger charge is -2.42. The number of carbonyl (C=O) groups excluding carboxylic acids is 2. The largest absolute Gasteiger partial charge is 0.456 e. The molecule has 0 spiro atoms. The number of fused-ring (bicyclic) bond motifs is 1. The van der Waals surface area contributed by atoms with Gasteiger partial charge in [0.15, 0.2) is 5.76 Å². The monoisotopic (exact) mass is 588 g/mol. The molecule has 1 unspecified atom stereocenters. The Kier molecular flexibility index (Phi) is 8.00. The number of amides is 2. The van der Waals surface area contributed by atoms with Crippen LogP contribution in [0.1, 0.15) is 109 Å². The molecule has 1 aromatic heterocycles. The second-order valence-corrected chi connectivity index (χ2v) is 14.0. The maximum atomic E-state index is 13.7. The lowest BCUT2D eigenvalue weighted by molar-refractivity contribution is -0.125. The van der Waals surface area contributed by atoms with Crippen molar-refractivity contribution in [3.8, 4) is 0 Å². The summed E-state index contributed by atoms with van der Waals surface area (Å²) < 4.78 is 6.18. The van der Waals surface area contributed by atoms with E-state index < -0.39 is 6.04 Å². The van der Waals surface area contributed by atoms with Crippen molar-refractivity contribution in [2.45, 2.75) is 89.6 Å². The Morgan fingerprint density at radius 2 is 1.45 bits per heavy atom. The minimum atomic E-state index is -0.542. The molecule has 1 aliphatic heterocycles. The van der Waals surface area contributed by atoms with Crippen molar-refractivity contribution in [2.24, 2.45) is 0 Å². The van der Waals surface area contributed by atoms with Crippen LogP contribution in [0.3, 0.4) is 0 Å². The minimum Gasteiger partial charge on any atom is -0.456 e.